The van der Waals surface area contributed by atoms with Gasteiger partial charge in [-0.1, -0.05) is 0 Å². The molecule has 1 aliphatic heterocycles. The third-order valence-corrected chi connectivity index (χ3v) is 2.72. The van der Waals surface area contributed by atoms with Crippen LogP contribution in [0.1, 0.15) is 26.7 Å². The van der Waals surface area contributed by atoms with Crippen LogP contribution in [0, 0.1) is 5.92 Å². The zero-order chi connectivity index (χ0) is 8.32. The normalized spacial score (nSPS) is 19.9. The summed E-state index contributed by atoms with van der Waals surface area (Å²) in [6, 6.07) is 0. The highest BCUT2D eigenvalue weighted by Gasteiger charge is 2.21. The van der Waals surface area contributed by atoms with Crippen molar-refractivity contribution in [3.63, 3.8) is 0 Å². The first-order valence-electron chi connectivity index (χ1n) is 4.54. The Morgan fingerprint density at radius 2 is 2.09 bits per heavy atom. The SMILES string of the molecule is CNC(C)(C)CCC1CNC1. The van der Waals surface area contributed by atoms with Gasteiger partial charge in [0.05, 0.1) is 0 Å². The van der Waals surface area contributed by atoms with Crippen LogP contribution < -0.4 is 10.6 Å². The molecule has 1 heterocycles. The van der Waals surface area contributed by atoms with Crippen molar-refractivity contribution in [3.05, 3.63) is 0 Å². The quantitative estimate of drug-likeness (QED) is 0.634. The molecule has 0 bridgehead atoms. The molecule has 0 atom stereocenters. The van der Waals surface area contributed by atoms with Gasteiger partial charge in [0.15, 0.2) is 0 Å². The smallest absolute Gasteiger partial charge is 0.0122 e. The lowest BCUT2D eigenvalue weighted by Crippen LogP contribution is -2.44. The van der Waals surface area contributed by atoms with Gasteiger partial charge >= 0.3 is 0 Å². The van der Waals surface area contributed by atoms with Gasteiger partial charge in [-0.15, -0.1) is 0 Å². The maximum Gasteiger partial charge on any atom is 0.0122 e. The molecule has 0 spiro atoms. The average Bonchev–Trinajstić information content (AvgIpc) is 1.84. The molecule has 1 fully saturated rings. The Bertz CT molecular complexity index is 117. The van der Waals surface area contributed by atoms with Gasteiger partial charge in [0.1, 0.15) is 0 Å². The van der Waals surface area contributed by atoms with Crippen molar-refractivity contribution in [2.75, 3.05) is 20.1 Å². The summed E-state index contributed by atoms with van der Waals surface area (Å²) in [5.41, 5.74) is 0.329. The number of hydrogen-bond acceptors (Lipinski definition) is 2. The van der Waals surface area contributed by atoms with Crippen LogP contribution >= 0.6 is 0 Å². The first kappa shape index (κ1) is 9.01. The minimum Gasteiger partial charge on any atom is -0.316 e. The molecule has 2 nitrogen and oxygen atoms in total. The Labute approximate surface area is 69.8 Å². The van der Waals surface area contributed by atoms with E-state index in [2.05, 4.69) is 24.5 Å². The Morgan fingerprint density at radius 3 is 2.45 bits per heavy atom. The minimum atomic E-state index is 0.329. The van der Waals surface area contributed by atoms with Gasteiger partial charge in [0, 0.05) is 5.54 Å². The van der Waals surface area contributed by atoms with E-state index in [9.17, 15) is 0 Å². The van der Waals surface area contributed by atoms with Gasteiger partial charge < -0.3 is 10.6 Å². The van der Waals surface area contributed by atoms with E-state index in [1.807, 2.05) is 7.05 Å². The molecule has 11 heavy (non-hydrogen) atoms. The van der Waals surface area contributed by atoms with Crippen molar-refractivity contribution < 1.29 is 0 Å². The Hall–Kier alpha value is -0.0800. The van der Waals surface area contributed by atoms with E-state index in [1.54, 1.807) is 0 Å². The third-order valence-electron chi connectivity index (χ3n) is 2.72. The average molecular weight is 156 g/mol. The summed E-state index contributed by atoms with van der Waals surface area (Å²) < 4.78 is 0. The van der Waals surface area contributed by atoms with Crippen molar-refractivity contribution in [1.82, 2.24) is 10.6 Å². The summed E-state index contributed by atoms with van der Waals surface area (Å²) in [5.74, 6) is 0.947. The van der Waals surface area contributed by atoms with Crippen molar-refractivity contribution in [3.8, 4) is 0 Å². The lowest BCUT2D eigenvalue weighted by Gasteiger charge is -2.31. The molecule has 0 aromatic heterocycles. The molecule has 0 unspecified atom stereocenters. The third kappa shape index (κ3) is 2.80. The fourth-order valence-electron chi connectivity index (χ4n) is 1.24. The first-order valence-corrected chi connectivity index (χ1v) is 4.54. The second-order valence-electron chi connectivity index (χ2n) is 4.20. The van der Waals surface area contributed by atoms with Gasteiger partial charge in [-0.2, -0.15) is 0 Å². The molecule has 2 heteroatoms. The summed E-state index contributed by atoms with van der Waals surface area (Å²) in [6.45, 7) is 7.00. The van der Waals surface area contributed by atoms with Gasteiger partial charge in [-0.05, 0) is 52.7 Å². The fraction of sp³-hybridized carbons (Fsp3) is 1.00. The van der Waals surface area contributed by atoms with Crippen LogP contribution in [-0.2, 0) is 0 Å². The van der Waals surface area contributed by atoms with Crippen LogP contribution in [0.4, 0.5) is 0 Å². The molecule has 1 saturated heterocycles. The van der Waals surface area contributed by atoms with E-state index in [1.165, 1.54) is 25.9 Å². The molecule has 2 N–H and O–H groups in total. The molecule has 0 saturated carbocycles. The maximum atomic E-state index is 3.32. The maximum absolute atomic E-state index is 3.32. The highest BCUT2D eigenvalue weighted by Crippen LogP contribution is 2.17. The van der Waals surface area contributed by atoms with E-state index in [0.717, 1.165) is 5.92 Å². The highest BCUT2D eigenvalue weighted by molar-refractivity contribution is 4.81. The summed E-state index contributed by atoms with van der Waals surface area (Å²) in [5, 5.41) is 6.62. The zero-order valence-corrected chi connectivity index (χ0v) is 7.91. The fourth-order valence-corrected chi connectivity index (χ4v) is 1.24. The van der Waals surface area contributed by atoms with Crippen LogP contribution in [0.25, 0.3) is 0 Å². The number of rotatable bonds is 4. The van der Waals surface area contributed by atoms with E-state index >= 15 is 0 Å². The lowest BCUT2D eigenvalue weighted by molar-refractivity contribution is 0.276. The standard InChI is InChI=1S/C9H20N2/c1-9(2,10-3)5-4-8-6-11-7-8/h8,10-11H,4-7H2,1-3H3. The second kappa shape index (κ2) is 3.55. The van der Waals surface area contributed by atoms with Crippen molar-refractivity contribution in [1.29, 1.82) is 0 Å². The van der Waals surface area contributed by atoms with Crippen molar-refractivity contribution >= 4 is 0 Å². The minimum absolute atomic E-state index is 0.329. The van der Waals surface area contributed by atoms with Crippen molar-refractivity contribution in [2.45, 2.75) is 32.2 Å². The van der Waals surface area contributed by atoms with E-state index in [0.29, 0.717) is 5.54 Å². The van der Waals surface area contributed by atoms with E-state index in [-0.39, 0.29) is 0 Å². The van der Waals surface area contributed by atoms with Crippen LogP contribution in [0.2, 0.25) is 0 Å². The van der Waals surface area contributed by atoms with Gasteiger partial charge in [0.2, 0.25) is 0 Å². The molecular weight excluding hydrogens is 136 g/mol. The molecule has 0 aromatic rings. The van der Waals surface area contributed by atoms with Gasteiger partial charge in [0.25, 0.3) is 0 Å². The predicted octanol–water partition coefficient (Wildman–Crippen LogP) is 0.984. The lowest BCUT2D eigenvalue weighted by atomic mass is 9.89. The van der Waals surface area contributed by atoms with Crippen LogP contribution in [-0.4, -0.2) is 25.7 Å². The molecule has 1 aliphatic rings. The molecule has 1 rings (SSSR count). The number of hydrogen-bond donors (Lipinski definition) is 2. The predicted molar refractivity (Wildman–Crippen MR) is 48.7 cm³/mol. The molecule has 0 radical (unpaired) electrons. The van der Waals surface area contributed by atoms with Crippen molar-refractivity contribution in [2.24, 2.45) is 5.92 Å². The van der Waals surface area contributed by atoms with Crippen LogP contribution in [0.15, 0.2) is 0 Å². The summed E-state index contributed by atoms with van der Waals surface area (Å²) in [4.78, 5) is 0. The Balaban J connectivity index is 2.09. The van der Waals surface area contributed by atoms with E-state index in [4.69, 9.17) is 0 Å². The topological polar surface area (TPSA) is 24.1 Å². The Morgan fingerprint density at radius 1 is 1.45 bits per heavy atom. The summed E-state index contributed by atoms with van der Waals surface area (Å²) >= 11 is 0. The molecule has 0 aromatic carbocycles. The van der Waals surface area contributed by atoms with E-state index < -0.39 is 0 Å². The Kier molecular flexibility index (Phi) is 2.90. The summed E-state index contributed by atoms with van der Waals surface area (Å²) in [6.07, 6.45) is 2.65. The van der Waals surface area contributed by atoms with Gasteiger partial charge in [-0.25, -0.2) is 0 Å². The van der Waals surface area contributed by atoms with Crippen LogP contribution in [0.3, 0.4) is 0 Å². The summed E-state index contributed by atoms with van der Waals surface area (Å²) in [7, 11) is 2.04. The molecule has 0 aliphatic carbocycles. The number of nitrogens with one attached hydrogen (secondary N) is 2. The largest absolute Gasteiger partial charge is 0.316 e. The highest BCUT2D eigenvalue weighted by atomic mass is 15.0. The first-order chi connectivity index (χ1) is 5.14. The molecule has 0 amide bonds. The molecule has 66 valence electrons. The molecular formula is C9H20N2. The van der Waals surface area contributed by atoms with Gasteiger partial charge in [-0.3, -0.25) is 0 Å². The second-order valence-corrected chi connectivity index (χ2v) is 4.20. The zero-order valence-electron chi connectivity index (χ0n) is 7.91. The van der Waals surface area contributed by atoms with Crippen LogP contribution in [0.5, 0.6) is 0 Å². The monoisotopic (exact) mass is 156 g/mol.